The maximum absolute atomic E-state index is 12.6. The lowest BCUT2D eigenvalue weighted by Gasteiger charge is -2.33. The molecule has 0 bridgehead atoms. The summed E-state index contributed by atoms with van der Waals surface area (Å²) in [6, 6.07) is 0.810. The second kappa shape index (κ2) is 6.50. The average molecular weight is 303 g/mol. The van der Waals surface area contributed by atoms with Crippen LogP contribution < -0.4 is 5.32 Å². The van der Waals surface area contributed by atoms with Crippen molar-refractivity contribution in [3.8, 4) is 0 Å². The molecule has 2 aliphatic rings. The summed E-state index contributed by atoms with van der Waals surface area (Å²) in [6.45, 7) is 6.90. The Hall–Kier alpha value is -1.85. The fourth-order valence-electron chi connectivity index (χ4n) is 3.96. The molecule has 1 saturated heterocycles. The van der Waals surface area contributed by atoms with Crippen LogP contribution >= 0.6 is 0 Å². The summed E-state index contributed by atoms with van der Waals surface area (Å²) in [4.78, 5) is 14.6. The number of urea groups is 1. The molecule has 1 saturated carbocycles. The van der Waals surface area contributed by atoms with Gasteiger partial charge in [-0.1, -0.05) is 24.1 Å². The molecule has 6 heteroatoms. The molecule has 22 heavy (non-hydrogen) atoms. The van der Waals surface area contributed by atoms with Crippen LogP contribution in [0.2, 0.25) is 0 Å². The number of carbonyl (C=O) groups excluding carboxylic acids is 1. The van der Waals surface area contributed by atoms with Gasteiger partial charge in [0.25, 0.3) is 0 Å². The summed E-state index contributed by atoms with van der Waals surface area (Å²) >= 11 is 0. The van der Waals surface area contributed by atoms with E-state index in [1.807, 2.05) is 6.20 Å². The summed E-state index contributed by atoms with van der Waals surface area (Å²) in [5, 5.41) is 11.1. The van der Waals surface area contributed by atoms with Gasteiger partial charge in [0, 0.05) is 12.1 Å². The molecule has 2 heterocycles. The number of aromatic nitrogens is 3. The van der Waals surface area contributed by atoms with E-state index in [2.05, 4.69) is 34.0 Å². The normalized spacial score (nSPS) is 27.5. The maximum Gasteiger partial charge on any atom is 0.318 e. The Labute approximate surface area is 131 Å². The number of fused-ring (bicyclic) bond motifs is 1. The van der Waals surface area contributed by atoms with E-state index < -0.39 is 0 Å². The Morgan fingerprint density at radius 2 is 2.32 bits per heavy atom. The van der Waals surface area contributed by atoms with Crippen LogP contribution in [0.3, 0.4) is 0 Å². The number of rotatable bonds is 4. The zero-order chi connectivity index (χ0) is 15.5. The molecule has 6 nitrogen and oxygen atoms in total. The van der Waals surface area contributed by atoms with E-state index in [-0.39, 0.29) is 6.03 Å². The fraction of sp³-hybridized carbons (Fsp3) is 0.688. The smallest absolute Gasteiger partial charge is 0.318 e. The van der Waals surface area contributed by atoms with E-state index in [0.29, 0.717) is 31.1 Å². The monoisotopic (exact) mass is 303 g/mol. The predicted octanol–water partition coefficient (Wildman–Crippen LogP) is 2.33. The number of nitrogens with zero attached hydrogens (tertiary/aromatic N) is 4. The highest BCUT2D eigenvalue weighted by molar-refractivity contribution is 5.75. The number of hydrogen-bond acceptors (Lipinski definition) is 3. The van der Waals surface area contributed by atoms with Gasteiger partial charge < -0.3 is 10.2 Å². The lowest BCUT2D eigenvalue weighted by molar-refractivity contribution is 0.155. The standard InChI is InChI=1S/C16H25N5O/c1-3-8-20-11-14(18-19-20)10-17-16(22)21-12(2)9-13-6-4-5-7-15(13)21/h3,11-13,15H,1,4-10H2,2H3,(H,17,22). The largest absolute Gasteiger partial charge is 0.332 e. The zero-order valence-corrected chi connectivity index (χ0v) is 13.2. The lowest BCUT2D eigenvalue weighted by Crippen LogP contribution is -2.47. The highest BCUT2D eigenvalue weighted by Crippen LogP contribution is 2.39. The number of allylic oxidation sites excluding steroid dienone is 1. The molecule has 1 aliphatic heterocycles. The van der Waals surface area contributed by atoms with Gasteiger partial charge in [0.2, 0.25) is 0 Å². The van der Waals surface area contributed by atoms with Gasteiger partial charge in [-0.05, 0) is 32.1 Å². The molecule has 1 N–H and O–H groups in total. The van der Waals surface area contributed by atoms with Gasteiger partial charge in [-0.25, -0.2) is 9.48 Å². The Kier molecular flexibility index (Phi) is 4.45. The van der Waals surface area contributed by atoms with E-state index in [1.165, 1.54) is 19.3 Å². The van der Waals surface area contributed by atoms with Crippen molar-refractivity contribution in [1.82, 2.24) is 25.2 Å². The third-order valence-corrected chi connectivity index (χ3v) is 4.90. The lowest BCUT2D eigenvalue weighted by atomic mass is 9.85. The molecule has 3 atom stereocenters. The molecular weight excluding hydrogens is 278 g/mol. The Morgan fingerprint density at radius 1 is 1.50 bits per heavy atom. The number of nitrogens with one attached hydrogen (secondary N) is 1. The van der Waals surface area contributed by atoms with Crippen molar-refractivity contribution in [3.63, 3.8) is 0 Å². The van der Waals surface area contributed by atoms with E-state index in [0.717, 1.165) is 18.5 Å². The number of carbonyl (C=O) groups is 1. The van der Waals surface area contributed by atoms with Crippen molar-refractivity contribution < 1.29 is 4.79 Å². The minimum absolute atomic E-state index is 0.0418. The maximum atomic E-state index is 12.6. The first kappa shape index (κ1) is 15.1. The van der Waals surface area contributed by atoms with E-state index in [9.17, 15) is 4.79 Å². The fourth-order valence-corrected chi connectivity index (χ4v) is 3.96. The molecule has 120 valence electrons. The third-order valence-electron chi connectivity index (χ3n) is 4.90. The van der Waals surface area contributed by atoms with Crippen LogP contribution in [0, 0.1) is 5.92 Å². The van der Waals surface area contributed by atoms with Gasteiger partial charge in [-0.15, -0.1) is 11.7 Å². The third kappa shape index (κ3) is 3.00. The Morgan fingerprint density at radius 3 is 3.14 bits per heavy atom. The minimum atomic E-state index is 0.0418. The number of amides is 2. The quantitative estimate of drug-likeness (QED) is 0.868. The van der Waals surface area contributed by atoms with Crippen molar-refractivity contribution in [3.05, 3.63) is 24.5 Å². The van der Waals surface area contributed by atoms with Gasteiger partial charge in [0.1, 0.15) is 5.69 Å². The average Bonchev–Trinajstić information content (AvgIpc) is 3.08. The molecule has 1 aromatic heterocycles. The summed E-state index contributed by atoms with van der Waals surface area (Å²) < 4.78 is 1.71. The van der Waals surface area contributed by atoms with Crippen LogP contribution in [0.5, 0.6) is 0 Å². The van der Waals surface area contributed by atoms with Gasteiger partial charge in [-0.2, -0.15) is 0 Å². The van der Waals surface area contributed by atoms with Crippen LogP contribution in [0.4, 0.5) is 4.79 Å². The van der Waals surface area contributed by atoms with Crippen molar-refractivity contribution >= 4 is 6.03 Å². The van der Waals surface area contributed by atoms with Crippen molar-refractivity contribution in [1.29, 1.82) is 0 Å². The Bertz CT molecular complexity index is 540. The highest BCUT2D eigenvalue weighted by atomic mass is 16.2. The molecule has 0 spiro atoms. The summed E-state index contributed by atoms with van der Waals surface area (Å²) in [5.41, 5.74) is 0.780. The topological polar surface area (TPSA) is 63.1 Å². The van der Waals surface area contributed by atoms with Crippen molar-refractivity contribution in [2.45, 2.75) is 64.2 Å². The molecule has 3 unspecified atom stereocenters. The summed E-state index contributed by atoms with van der Waals surface area (Å²) in [6.07, 6.45) is 9.74. The second-order valence-corrected chi connectivity index (χ2v) is 6.48. The minimum Gasteiger partial charge on any atom is -0.332 e. The molecule has 0 aromatic carbocycles. The van der Waals surface area contributed by atoms with Gasteiger partial charge in [0.15, 0.2) is 0 Å². The molecule has 0 radical (unpaired) electrons. The molecule has 1 aliphatic carbocycles. The van der Waals surface area contributed by atoms with Crippen LogP contribution in [0.1, 0.15) is 44.7 Å². The van der Waals surface area contributed by atoms with Crippen LogP contribution in [-0.2, 0) is 13.1 Å². The molecule has 3 rings (SSSR count). The molecule has 2 fully saturated rings. The summed E-state index contributed by atoms with van der Waals surface area (Å²) in [7, 11) is 0. The second-order valence-electron chi connectivity index (χ2n) is 6.48. The van der Waals surface area contributed by atoms with E-state index in [4.69, 9.17) is 0 Å². The van der Waals surface area contributed by atoms with Gasteiger partial charge in [0.05, 0.1) is 19.3 Å². The Balaban J connectivity index is 1.57. The molecule has 1 aromatic rings. The van der Waals surface area contributed by atoms with Crippen molar-refractivity contribution in [2.75, 3.05) is 0 Å². The highest BCUT2D eigenvalue weighted by Gasteiger charge is 2.42. The van der Waals surface area contributed by atoms with E-state index >= 15 is 0 Å². The number of likely N-dealkylation sites (tertiary alicyclic amines) is 1. The molecule has 2 amide bonds. The van der Waals surface area contributed by atoms with Crippen LogP contribution in [0.15, 0.2) is 18.9 Å². The predicted molar refractivity (Wildman–Crippen MR) is 84.1 cm³/mol. The molecular formula is C16H25N5O. The first-order valence-corrected chi connectivity index (χ1v) is 8.25. The summed E-state index contributed by atoms with van der Waals surface area (Å²) in [5.74, 6) is 0.697. The first-order chi connectivity index (χ1) is 10.7. The van der Waals surface area contributed by atoms with Gasteiger partial charge >= 0.3 is 6.03 Å². The zero-order valence-electron chi connectivity index (χ0n) is 13.2. The van der Waals surface area contributed by atoms with Crippen LogP contribution in [-0.4, -0.2) is 38.0 Å². The SMILES string of the molecule is C=CCn1cc(CNC(=O)N2C(C)CC3CCCCC32)nn1. The van der Waals surface area contributed by atoms with Crippen LogP contribution in [0.25, 0.3) is 0 Å². The number of hydrogen-bond donors (Lipinski definition) is 1. The van der Waals surface area contributed by atoms with Crippen molar-refractivity contribution in [2.24, 2.45) is 5.92 Å². The first-order valence-electron chi connectivity index (χ1n) is 8.25. The van der Waals surface area contributed by atoms with Gasteiger partial charge in [-0.3, -0.25) is 0 Å². The van der Waals surface area contributed by atoms with E-state index in [1.54, 1.807) is 10.8 Å².